The Morgan fingerprint density at radius 2 is 1.94 bits per heavy atom. The third-order valence-corrected chi connectivity index (χ3v) is 6.85. The summed E-state index contributed by atoms with van der Waals surface area (Å²) in [5.74, 6) is 1.75. The predicted molar refractivity (Wildman–Crippen MR) is 138 cm³/mol. The van der Waals surface area contributed by atoms with Crippen LogP contribution in [0.25, 0.3) is 0 Å². The number of nitrogens with zero attached hydrogens (tertiary/aromatic N) is 1. The molecule has 0 unspecified atom stereocenters. The molecule has 3 nitrogen and oxygen atoms in total. The molecule has 1 N–H and O–H groups in total. The molecule has 0 radical (unpaired) electrons. The first kappa shape index (κ1) is 21.8. The Bertz CT molecular complexity index is 1200. The van der Waals surface area contributed by atoms with E-state index in [1.54, 1.807) is 0 Å². The maximum Gasteiger partial charge on any atom is 0.137 e. The molecule has 5 rings (SSSR count). The van der Waals surface area contributed by atoms with Crippen LogP contribution in [0.5, 0.6) is 5.75 Å². The quantitative estimate of drug-likeness (QED) is 0.301. The number of allylic oxidation sites excluding steroid dienone is 2. The number of nitrogens with one attached hydrogen (secondary N) is 1. The first-order valence-electron chi connectivity index (χ1n) is 11.7. The minimum absolute atomic E-state index is 0.299. The molecule has 3 aromatic rings. The smallest absolute Gasteiger partial charge is 0.137 e. The van der Waals surface area contributed by atoms with Crippen molar-refractivity contribution in [2.24, 2.45) is 10.9 Å². The first-order chi connectivity index (χ1) is 16.1. The predicted octanol–water partition coefficient (Wildman–Crippen LogP) is 8.01. The van der Waals surface area contributed by atoms with Crippen molar-refractivity contribution >= 4 is 29.2 Å². The zero-order chi connectivity index (χ0) is 22.8. The van der Waals surface area contributed by atoms with E-state index in [1.165, 1.54) is 22.4 Å². The van der Waals surface area contributed by atoms with Crippen molar-refractivity contribution in [3.8, 4) is 5.75 Å². The Labute approximate surface area is 201 Å². The summed E-state index contributed by atoms with van der Waals surface area (Å²) in [4.78, 5) is 4.65. The van der Waals surface area contributed by atoms with Gasteiger partial charge in [-0.3, -0.25) is 4.99 Å². The number of hydrogen-bond acceptors (Lipinski definition) is 3. The van der Waals surface area contributed by atoms with Crippen molar-refractivity contribution in [2.45, 2.75) is 38.6 Å². The van der Waals surface area contributed by atoms with Crippen LogP contribution in [0, 0.1) is 12.8 Å². The fourth-order valence-corrected chi connectivity index (χ4v) is 5.13. The van der Waals surface area contributed by atoms with E-state index in [2.05, 4.69) is 78.8 Å². The summed E-state index contributed by atoms with van der Waals surface area (Å²) in [6.07, 6.45) is 8.63. The van der Waals surface area contributed by atoms with Crippen molar-refractivity contribution in [2.75, 3.05) is 11.9 Å². The molecule has 0 spiro atoms. The van der Waals surface area contributed by atoms with Crippen molar-refractivity contribution < 1.29 is 4.74 Å². The molecule has 1 heterocycles. The molecule has 1 aliphatic heterocycles. The van der Waals surface area contributed by atoms with Gasteiger partial charge in [0.1, 0.15) is 5.75 Å². The Hall–Kier alpha value is -3.04. The minimum Gasteiger partial charge on any atom is -0.492 e. The topological polar surface area (TPSA) is 33.6 Å². The van der Waals surface area contributed by atoms with Gasteiger partial charge in [-0.2, -0.15) is 0 Å². The van der Waals surface area contributed by atoms with Gasteiger partial charge < -0.3 is 10.1 Å². The van der Waals surface area contributed by atoms with Gasteiger partial charge in [-0.25, -0.2) is 0 Å². The monoisotopic (exact) mass is 456 g/mol. The normalized spacial score (nSPS) is 21.0. The van der Waals surface area contributed by atoms with Crippen LogP contribution < -0.4 is 10.1 Å². The van der Waals surface area contributed by atoms with Crippen LogP contribution >= 0.6 is 11.6 Å². The van der Waals surface area contributed by atoms with Gasteiger partial charge in [0.15, 0.2) is 0 Å². The second-order valence-electron chi connectivity index (χ2n) is 8.95. The van der Waals surface area contributed by atoms with Crippen LogP contribution in [0.2, 0.25) is 5.02 Å². The number of hydrogen-bond donors (Lipinski definition) is 1. The van der Waals surface area contributed by atoms with Gasteiger partial charge >= 0.3 is 0 Å². The molecule has 0 saturated heterocycles. The lowest BCUT2D eigenvalue weighted by Crippen LogP contribution is -2.29. The molecule has 3 atom stereocenters. The summed E-state index contributed by atoms with van der Waals surface area (Å²) in [6, 6.07) is 21.4. The van der Waals surface area contributed by atoms with Crippen LogP contribution in [-0.4, -0.2) is 12.8 Å². The second-order valence-corrected chi connectivity index (χ2v) is 9.36. The van der Waals surface area contributed by atoms with Gasteiger partial charge in [-0.15, -0.1) is 0 Å². The maximum atomic E-state index is 6.34. The van der Waals surface area contributed by atoms with Crippen LogP contribution in [-0.2, 0) is 0 Å². The molecular formula is C29H29ClN2O. The molecule has 2 aliphatic rings. The summed E-state index contributed by atoms with van der Waals surface area (Å²) in [7, 11) is 0. The van der Waals surface area contributed by atoms with E-state index < -0.39 is 0 Å². The number of halogens is 1. The van der Waals surface area contributed by atoms with Gasteiger partial charge in [0.2, 0.25) is 0 Å². The number of fused-ring (bicyclic) bond motifs is 3. The standard InChI is InChI=1S/C29H29ClN2O/c1-3-15-33-28-14-8-20(17-26(28)30)18-31-22-11-9-21(10-12-22)29-24-6-4-5-23(24)25-16-19(2)7-13-27(25)32-29/h4-5,7-14,16-18,23-24,29,32H,3,6,15H2,1-2H3/t23-,24+,29+/m1/s1. The van der Waals surface area contributed by atoms with Gasteiger partial charge in [0.25, 0.3) is 0 Å². The van der Waals surface area contributed by atoms with E-state index >= 15 is 0 Å². The van der Waals surface area contributed by atoms with E-state index in [9.17, 15) is 0 Å². The SMILES string of the molecule is CCCOc1ccc(C=Nc2ccc([C@@H]3Nc4ccc(C)cc4[C@@H]4C=CC[C@@H]43)cc2)cc1Cl. The largest absolute Gasteiger partial charge is 0.492 e. The fraction of sp³-hybridized carbons (Fsp3) is 0.276. The average molecular weight is 457 g/mol. The second kappa shape index (κ2) is 9.44. The molecule has 0 fully saturated rings. The highest BCUT2D eigenvalue weighted by Crippen LogP contribution is 2.50. The summed E-state index contributed by atoms with van der Waals surface area (Å²) in [6.45, 7) is 4.91. The van der Waals surface area contributed by atoms with Gasteiger partial charge in [-0.1, -0.05) is 60.5 Å². The summed E-state index contributed by atoms with van der Waals surface area (Å²) < 4.78 is 5.65. The van der Waals surface area contributed by atoms with E-state index in [4.69, 9.17) is 16.3 Å². The van der Waals surface area contributed by atoms with Crippen molar-refractivity contribution in [3.05, 3.63) is 100 Å². The molecule has 4 heteroatoms. The van der Waals surface area contributed by atoms with Gasteiger partial charge in [-0.05, 0) is 78.8 Å². The van der Waals surface area contributed by atoms with Crippen LogP contribution in [0.3, 0.4) is 0 Å². The van der Waals surface area contributed by atoms with Crippen molar-refractivity contribution in [3.63, 3.8) is 0 Å². The number of aryl methyl sites for hydroxylation is 1. The number of ether oxygens (including phenoxy) is 1. The zero-order valence-corrected chi connectivity index (χ0v) is 19.8. The molecular weight excluding hydrogens is 428 g/mol. The lowest BCUT2D eigenvalue weighted by atomic mass is 9.76. The molecule has 33 heavy (non-hydrogen) atoms. The average Bonchev–Trinajstić information content (AvgIpc) is 3.33. The molecule has 3 aromatic carbocycles. The Morgan fingerprint density at radius 1 is 1.09 bits per heavy atom. The Morgan fingerprint density at radius 3 is 2.73 bits per heavy atom. The number of benzene rings is 3. The van der Waals surface area contributed by atoms with Crippen molar-refractivity contribution in [1.82, 2.24) is 0 Å². The highest BCUT2D eigenvalue weighted by molar-refractivity contribution is 6.32. The molecule has 0 amide bonds. The Kier molecular flexibility index (Phi) is 6.24. The van der Waals surface area contributed by atoms with Crippen molar-refractivity contribution in [1.29, 1.82) is 0 Å². The third-order valence-electron chi connectivity index (χ3n) is 6.55. The Balaban J connectivity index is 1.32. The third kappa shape index (κ3) is 4.56. The zero-order valence-electron chi connectivity index (χ0n) is 19.1. The lowest BCUT2D eigenvalue weighted by Gasteiger charge is -2.37. The number of anilines is 1. The first-order valence-corrected chi connectivity index (χ1v) is 12.1. The van der Waals surface area contributed by atoms with E-state index in [-0.39, 0.29) is 0 Å². The highest BCUT2D eigenvalue weighted by atomic mass is 35.5. The summed E-state index contributed by atoms with van der Waals surface area (Å²) >= 11 is 6.34. The van der Waals surface area contributed by atoms with E-state index in [0.29, 0.717) is 29.5 Å². The lowest BCUT2D eigenvalue weighted by molar-refractivity contribution is 0.317. The maximum absolute atomic E-state index is 6.34. The van der Waals surface area contributed by atoms with E-state index in [0.717, 1.165) is 29.8 Å². The summed E-state index contributed by atoms with van der Waals surface area (Å²) in [5.41, 5.74) is 7.18. The molecule has 0 aromatic heterocycles. The molecule has 0 bridgehead atoms. The molecule has 168 valence electrons. The molecule has 0 saturated carbocycles. The number of aliphatic imine (C=N–C) groups is 1. The van der Waals surface area contributed by atoms with Crippen LogP contribution in [0.15, 0.2) is 77.8 Å². The highest BCUT2D eigenvalue weighted by Gasteiger charge is 2.37. The van der Waals surface area contributed by atoms with Gasteiger partial charge in [0, 0.05) is 17.8 Å². The minimum atomic E-state index is 0.299. The van der Waals surface area contributed by atoms with Gasteiger partial charge in [0.05, 0.1) is 23.4 Å². The summed E-state index contributed by atoms with van der Waals surface area (Å²) in [5, 5.41) is 4.42. The fourth-order valence-electron chi connectivity index (χ4n) is 4.89. The van der Waals surface area contributed by atoms with E-state index in [1.807, 2.05) is 24.4 Å². The van der Waals surface area contributed by atoms with Crippen LogP contribution in [0.4, 0.5) is 11.4 Å². The van der Waals surface area contributed by atoms with Crippen LogP contribution in [0.1, 0.15) is 54.0 Å². The number of rotatable bonds is 6. The molecule has 1 aliphatic carbocycles.